The molecular formula is C25H22ClN3O3S. The molecule has 0 aliphatic rings. The SMILES string of the molecule is Cc1cccc(OCC(=O)NC(=S)Nc2ccc(Cc3nc4cc(Cl)ccc4o3)cc2)c1C. The Morgan fingerprint density at radius 1 is 1.12 bits per heavy atom. The van der Waals surface area contributed by atoms with Crippen LogP contribution in [0.4, 0.5) is 5.69 Å². The summed E-state index contributed by atoms with van der Waals surface area (Å²) in [6.07, 6.45) is 0.545. The van der Waals surface area contributed by atoms with Crippen molar-refractivity contribution in [1.82, 2.24) is 10.3 Å². The maximum Gasteiger partial charge on any atom is 0.264 e. The van der Waals surface area contributed by atoms with Crippen LogP contribution in [0.2, 0.25) is 5.02 Å². The van der Waals surface area contributed by atoms with Crippen molar-refractivity contribution in [3.05, 3.63) is 88.3 Å². The number of anilines is 1. The average Bonchev–Trinajstić information content (AvgIpc) is 3.17. The lowest BCUT2D eigenvalue weighted by atomic mass is 10.1. The topological polar surface area (TPSA) is 76.4 Å². The van der Waals surface area contributed by atoms with Crippen LogP contribution in [0.25, 0.3) is 11.1 Å². The van der Waals surface area contributed by atoms with Crippen molar-refractivity contribution in [3.63, 3.8) is 0 Å². The Morgan fingerprint density at radius 2 is 1.91 bits per heavy atom. The molecule has 0 fully saturated rings. The molecule has 1 aromatic heterocycles. The fraction of sp³-hybridized carbons (Fsp3) is 0.160. The highest BCUT2D eigenvalue weighted by Gasteiger charge is 2.10. The fourth-order valence-electron chi connectivity index (χ4n) is 3.25. The number of halogens is 1. The summed E-state index contributed by atoms with van der Waals surface area (Å²) in [7, 11) is 0. The number of thiocarbonyl (C=S) groups is 1. The van der Waals surface area contributed by atoms with Gasteiger partial charge >= 0.3 is 0 Å². The van der Waals surface area contributed by atoms with Crippen molar-refractivity contribution in [2.45, 2.75) is 20.3 Å². The maximum atomic E-state index is 12.2. The molecule has 0 saturated carbocycles. The monoisotopic (exact) mass is 479 g/mol. The van der Waals surface area contributed by atoms with Crippen molar-refractivity contribution in [1.29, 1.82) is 0 Å². The molecule has 0 spiro atoms. The largest absolute Gasteiger partial charge is 0.483 e. The van der Waals surface area contributed by atoms with Crippen molar-refractivity contribution in [2.24, 2.45) is 0 Å². The van der Waals surface area contributed by atoms with Crippen LogP contribution in [0.1, 0.15) is 22.6 Å². The molecule has 168 valence electrons. The van der Waals surface area contributed by atoms with Crippen molar-refractivity contribution in [2.75, 3.05) is 11.9 Å². The number of oxazole rings is 1. The summed E-state index contributed by atoms with van der Waals surface area (Å²) >= 11 is 11.2. The minimum Gasteiger partial charge on any atom is -0.483 e. The third kappa shape index (κ3) is 5.88. The zero-order valence-corrected chi connectivity index (χ0v) is 19.7. The van der Waals surface area contributed by atoms with Gasteiger partial charge in [-0.1, -0.05) is 35.9 Å². The Morgan fingerprint density at radius 3 is 2.70 bits per heavy atom. The predicted molar refractivity (Wildman–Crippen MR) is 134 cm³/mol. The summed E-state index contributed by atoms with van der Waals surface area (Å²) in [4.78, 5) is 16.7. The van der Waals surface area contributed by atoms with E-state index in [4.69, 9.17) is 33.0 Å². The van der Waals surface area contributed by atoms with Gasteiger partial charge in [0.1, 0.15) is 11.3 Å². The second-order valence-electron chi connectivity index (χ2n) is 7.58. The second-order valence-corrected chi connectivity index (χ2v) is 8.43. The third-order valence-electron chi connectivity index (χ3n) is 5.13. The first-order valence-corrected chi connectivity index (χ1v) is 11.1. The van der Waals surface area contributed by atoms with E-state index in [-0.39, 0.29) is 17.6 Å². The number of nitrogens with zero attached hydrogens (tertiary/aromatic N) is 1. The van der Waals surface area contributed by atoms with E-state index in [9.17, 15) is 4.79 Å². The molecule has 0 radical (unpaired) electrons. The Balaban J connectivity index is 1.28. The van der Waals surface area contributed by atoms with Gasteiger partial charge in [0.25, 0.3) is 5.91 Å². The highest BCUT2D eigenvalue weighted by molar-refractivity contribution is 7.80. The summed E-state index contributed by atoms with van der Waals surface area (Å²) in [5, 5.41) is 6.45. The summed E-state index contributed by atoms with van der Waals surface area (Å²) in [5.41, 5.74) is 5.33. The molecule has 0 aliphatic carbocycles. The van der Waals surface area contributed by atoms with Crippen LogP contribution in [-0.4, -0.2) is 22.6 Å². The molecule has 6 nitrogen and oxygen atoms in total. The van der Waals surface area contributed by atoms with Crippen molar-refractivity contribution in [3.8, 4) is 5.75 Å². The molecule has 0 aliphatic heterocycles. The van der Waals surface area contributed by atoms with Gasteiger partial charge in [0, 0.05) is 17.1 Å². The zero-order valence-electron chi connectivity index (χ0n) is 18.1. The van der Waals surface area contributed by atoms with E-state index in [1.165, 1.54) is 0 Å². The highest BCUT2D eigenvalue weighted by atomic mass is 35.5. The van der Waals surface area contributed by atoms with E-state index in [1.54, 1.807) is 12.1 Å². The molecule has 4 rings (SSSR count). The molecule has 8 heteroatoms. The number of benzene rings is 3. The first kappa shape index (κ1) is 22.8. The second kappa shape index (κ2) is 10.0. The van der Waals surface area contributed by atoms with Gasteiger partial charge in [0.15, 0.2) is 23.2 Å². The molecule has 0 saturated heterocycles. The van der Waals surface area contributed by atoms with Gasteiger partial charge in [-0.2, -0.15) is 0 Å². The summed E-state index contributed by atoms with van der Waals surface area (Å²) in [5.74, 6) is 0.961. The number of aromatic nitrogens is 1. The molecule has 4 aromatic rings. The third-order valence-corrected chi connectivity index (χ3v) is 5.57. The highest BCUT2D eigenvalue weighted by Crippen LogP contribution is 2.22. The quantitative estimate of drug-likeness (QED) is 0.351. The number of hydrogen-bond acceptors (Lipinski definition) is 5. The summed E-state index contributed by atoms with van der Waals surface area (Å²) in [6, 6.07) is 18.7. The molecule has 0 atom stereocenters. The molecule has 3 aromatic carbocycles. The van der Waals surface area contributed by atoms with Crippen LogP contribution in [0.3, 0.4) is 0 Å². The van der Waals surface area contributed by atoms with Gasteiger partial charge in [-0.15, -0.1) is 0 Å². The fourth-order valence-corrected chi connectivity index (χ4v) is 3.65. The van der Waals surface area contributed by atoms with Crippen LogP contribution in [0, 0.1) is 13.8 Å². The number of nitrogens with one attached hydrogen (secondary N) is 2. The molecule has 2 N–H and O–H groups in total. The van der Waals surface area contributed by atoms with Crippen LogP contribution < -0.4 is 15.4 Å². The lowest BCUT2D eigenvalue weighted by Gasteiger charge is -2.12. The zero-order chi connectivity index (χ0) is 23.4. The number of fused-ring (bicyclic) bond motifs is 1. The molecule has 0 unspecified atom stereocenters. The van der Waals surface area contributed by atoms with E-state index in [0.29, 0.717) is 28.7 Å². The minimum atomic E-state index is -0.332. The molecule has 33 heavy (non-hydrogen) atoms. The van der Waals surface area contributed by atoms with Gasteiger partial charge in [0.2, 0.25) is 0 Å². The number of hydrogen-bond donors (Lipinski definition) is 2. The van der Waals surface area contributed by atoms with E-state index >= 15 is 0 Å². The first-order valence-electron chi connectivity index (χ1n) is 10.3. The molecule has 1 amide bonds. The normalized spacial score (nSPS) is 10.8. The van der Waals surface area contributed by atoms with E-state index < -0.39 is 0 Å². The Kier molecular flexibility index (Phi) is 6.91. The summed E-state index contributed by atoms with van der Waals surface area (Å²) in [6.45, 7) is 3.83. The van der Waals surface area contributed by atoms with Gasteiger partial charge in [-0.25, -0.2) is 4.98 Å². The molecule has 0 bridgehead atoms. The lowest BCUT2D eigenvalue weighted by Crippen LogP contribution is -2.37. The molecular weight excluding hydrogens is 458 g/mol. The first-order chi connectivity index (χ1) is 15.9. The number of amides is 1. The number of rotatable bonds is 6. The summed E-state index contributed by atoms with van der Waals surface area (Å²) < 4.78 is 11.4. The predicted octanol–water partition coefficient (Wildman–Crippen LogP) is 5.58. The van der Waals surface area contributed by atoms with Crippen LogP contribution in [0.5, 0.6) is 5.75 Å². The van der Waals surface area contributed by atoms with Crippen LogP contribution in [-0.2, 0) is 11.2 Å². The standard InChI is InChI=1S/C25H22ClN3O3S/c1-15-4-3-5-21(16(15)2)31-14-23(30)29-25(33)27-19-9-6-17(7-10-19)12-24-28-20-13-18(26)8-11-22(20)32-24/h3-11,13H,12,14H2,1-2H3,(H2,27,29,30,33). The lowest BCUT2D eigenvalue weighted by molar-refractivity contribution is -0.121. The maximum absolute atomic E-state index is 12.2. The van der Waals surface area contributed by atoms with Crippen molar-refractivity contribution < 1.29 is 13.9 Å². The smallest absolute Gasteiger partial charge is 0.264 e. The van der Waals surface area contributed by atoms with E-state index in [1.807, 2.05) is 62.4 Å². The average molecular weight is 480 g/mol. The van der Waals surface area contributed by atoms with Crippen LogP contribution >= 0.6 is 23.8 Å². The Labute approximate surface area is 201 Å². The number of carbonyl (C=O) groups is 1. The van der Waals surface area contributed by atoms with Gasteiger partial charge in [-0.3, -0.25) is 10.1 Å². The number of aryl methyl sites for hydroxylation is 1. The number of carbonyl (C=O) groups excluding carboxylic acids is 1. The van der Waals surface area contributed by atoms with E-state index in [0.717, 1.165) is 27.9 Å². The Bertz CT molecular complexity index is 1320. The molecule has 1 heterocycles. The van der Waals surface area contributed by atoms with E-state index in [2.05, 4.69) is 15.6 Å². The minimum absolute atomic E-state index is 0.124. The van der Waals surface area contributed by atoms with Gasteiger partial charge < -0.3 is 14.5 Å². The van der Waals surface area contributed by atoms with Gasteiger partial charge in [-0.05, 0) is 79.2 Å². The van der Waals surface area contributed by atoms with Crippen molar-refractivity contribution >= 4 is 51.6 Å². The van der Waals surface area contributed by atoms with Crippen LogP contribution in [0.15, 0.2) is 65.1 Å². The van der Waals surface area contributed by atoms with Gasteiger partial charge in [0.05, 0.1) is 0 Å². The Hall–Kier alpha value is -3.42. The number of ether oxygens (including phenoxy) is 1.